The summed E-state index contributed by atoms with van der Waals surface area (Å²) in [5.74, 6) is 0. The van der Waals surface area contributed by atoms with E-state index < -0.39 is 12.2 Å². The van der Waals surface area contributed by atoms with Gasteiger partial charge in [-0.1, -0.05) is 0 Å². The summed E-state index contributed by atoms with van der Waals surface area (Å²) < 4.78 is 4.62. The van der Waals surface area contributed by atoms with Crippen LogP contribution in [-0.2, 0) is 9.57 Å². The molecule has 0 radical (unpaired) electrons. The molecule has 0 aromatic rings. The Balaban J connectivity index is 2.31. The molecule has 1 N–H and O–H groups in total. The van der Waals surface area contributed by atoms with Crippen molar-refractivity contribution in [3.8, 4) is 0 Å². The number of β-amino-alcohol motifs (C(OH)–C–C–N with tert-alkyl or cyclic N) is 1. The van der Waals surface area contributed by atoms with Gasteiger partial charge in [0.1, 0.15) is 12.7 Å². The van der Waals surface area contributed by atoms with E-state index in [0.29, 0.717) is 6.61 Å². The van der Waals surface area contributed by atoms with Crippen molar-refractivity contribution in [2.24, 2.45) is 0 Å². The molecule has 5 heteroatoms. The standard InChI is InChI=1S/C6H11NO4/c1-2-10-6(9)7-3-5(8)4-11-7/h5,8H,2-4H2,1H3/t5-/m0/s1. The number of hydrogen-bond donors (Lipinski definition) is 1. The smallest absolute Gasteiger partial charge is 0.434 e. The molecule has 1 aliphatic rings. The minimum absolute atomic E-state index is 0.165. The second-order valence-corrected chi connectivity index (χ2v) is 2.21. The highest BCUT2D eigenvalue weighted by atomic mass is 16.7. The van der Waals surface area contributed by atoms with Crippen LogP contribution in [0.15, 0.2) is 0 Å². The summed E-state index contributed by atoms with van der Waals surface area (Å²) in [6.45, 7) is 2.39. The van der Waals surface area contributed by atoms with Crippen molar-refractivity contribution in [1.29, 1.82) is 0 Å². The lowest BCUT2D eigenvalue weighted by Crippen LogP contribution is -2.29. The van der Waals surface area contributed by atoms with Crippen molar-refractivity contribution >= 4 is 6.09 Å². The second kappa shape index (κ2) is 3.54. The highest BCUT2D eigenvalue weighted by Gasteiger charge is 2.26. The fourth-order valence-electron chi connectivity index (χ4n) is 0.796. The van der Waals surface area contributed by atoms with Crippen LogP contribution in [0, 0.1) is 0 Å². The summed E-state index contributed by atoms with van der Waals surface area (Å²) >= 11 is 0. The number of hydrogen-bond acceptors (Lipinski definition) is 4. The van der Waals surface area contributed by atoms with Gasteiger partial charge in [0.15, 0.2) is 0 Å². The van der Waals surface area contributed by atoms with Gasteiger partial charge in [0.25, 0.3) is 0 Å². The van der Waals surface area contributed by atoms with E-state index in [-0.39, 0.29) is 13.2 Å². The molecular formula is C6H11NO4. The van der Waals surface area contributed by atoms with Crippen molar-refractivity contribution in [2.75, 3.05) is 19.8 Å². The van der Waals surface area contributed by atoms with E-state index in [4.69, 9.17) is 9.94 Å². The summed E-state index contributed by atoms with van der Waals surface area (Å²) in [7, 11) is 0. The van der Waals surface area contributed by atoms with Crippen LogP contribution in [0.2, 0.25) is 0 Å². The number of ether oxygens (including phenoxy) is 1. The number of aliphatic hydroxyl groups excluding tert-OH is 1. The number of hydroxylamine groups is 2. The molecule has 0 unspecified atom stereocenters. The molecular weight excluding hydrogens is 150 g/mol. The number of nitrogens with zero attached hydrogens (tertiary/aromatic N) is 1. The fraction of sp³-hybridized carbons (Fsp3) is 0.833. The van der Waals surface area contributed by atoms with Crippen LogP contribution in [0.1, 0.15) is 6.92 Å². The molecule has 11 heavy (non-hydrogen) atoms. The van der Waals surface area contributed by atoms with E-state index in [1.807, 2.05) is 0 Å². The zero-order chi connectivity index (χ0) is 8.27. The van der Waals surface area contributed by atoms with Crippen LogP contribution >= 0.6 is 0 Å². The van der Waals surface area contributed by atoms with Crippen LogP contribution in [0.3, 0.4) is 0 Å². The molecule has 1 atom stereocenters. The first-order valence-electron chi connectivity index (χ1n) is 3.49. The fourth-order valence-corrected chi connectivity index (χ4v) is 0.796. The molecule has 0 aliphatic carbocycles. The Morgan fingerprint density at radius 2 is 2.64 bits per heavy atom. The maximum atomic E-state index is 10.9. The first kappa shape index (κ1) is 8.29. The molecule has 0 bridgehead atoms. The Labute approximate surface area is 64.5 Å². The Morgan fingerprint density at radius 1 is 1.91 bits per heavy atom. The minimum Gasteiger partial charge on any atom is -0.448 e. The van der Waals surface area contributed by atoms with E-state index in [1.165, 1.54) is 0 Å². The lowest BCUT2D eigenvalue weighted by atomic mass is 10.4. The molecule has 0 saturated carbocycles. The van der Waals surface area contributed by atoms with Gasteiger partial charge in [-0.25, -0.2) is 4.79 Å². The Morgan fingerprint density at radius 3 is 3.09 bits per heavy atom. The average Bonchev–Trinajstić information content (AvgIpc) is 2.36. The molecule has 0 aromatic carbocycles. The molecule has 1 heterocycles. The monoisotopic (exact) mass is 161 g/mol. The first-order valence-corrected chi connectivity index (χ1v) is 3.49. The average molecular weight is 161 g/mol. The summed E-state index contributed by atoms with van der Waals surface area (Å²) in [4.78, 5) is 15.6. The van der Waals surface area contributed by atoms with Crippen LogP contribution < -0.4 is 0 Å². The largest absolute Gasteiger partial charge is 0.448 e. The number of carbonyl (C=O) groups is 1. The van der Waals surface area contributed by atoms with Crippen LogP contribution in [0.5, 0.6) is 0 Å². The molecule has 64 valence electrons. The third-order valence-electron chi connectivity index (χ3n) is 1.27. The third-order valence-corrected chi connectivity index (χ3v) is 1.27. The zero-order valence-corrected chi connectivity index (χ0v) is 6.32. The maximum absolute atomic E-state index is 10.9. The van der Waals surface area contributed by atoms with Crippen LogP contribution in [-0.4, -0.2) is 42.1 Å². The van der Waals surface area contributed by atoms with Crippen molar-refractivity contribution in [3.63, 3.8) is 0 Å². The van der Waals surface area contributed by atoms with Crippen molar-refractivity contribution in [2.45, 2.75) is 13.0 Å². The van der Waals surface area contributed by atoms with Crippen molar-refractivity contribution < 1.29 is 19.5 Å². The highest BCUT2D eigenvalue weighted by molar-refractivity contribution is 5.66. The Bertz CT molecular complexity index is 150. The van der Waals surface area contributed by atoms with E-state index >= 15 is 0 Å². The van der Waals surface area contributed by atoms with Crippen molar-refractivity contribution in [3.05, 3.63) is 0 Å². The van der Waals surface area contributed by atoms with Gasteiger partial charge < -0.3 is 9.84 Å². The Hall–Kier alpha value is -0.810. The number of amides is 1. The van der Waals surface area contributed by atoms with Gasteiger partial charge in [0.05, 0.1) is 13.2 Å². The summed E-state index contributed by atoms with van der Waals surface area (Å²) in [6.07, 6.45) is -1.12. The zero-order valence-electron chi connectivity index (χ0n) is 6.32. The minimum atomic E-state index is -0.584. The second-order valence-electron chi connectivity index (χ2n) is 2.21. The summed E-state index contributed by atoms with van der Waals surface area (Å²) in [6, 6.07) is 0. The third kappa shape index (κ3) is 2.06. The van der Waals surface area contributed by atoms with Crippen LogP contribution in [0.25, 0.3) is 0 Å². The maximum Gasteiger partial charge on any atom is 0.434 e. The van der Waals surface area contributed by atoms with Gasteiger partial charge in [-0.15, -0.1) is 0 Å². The van der Waals surface area contributed by atoms with E-state index in [0.717, 1.165) is 5.06 Å². The summed E-state index contributed by atoms with van der Waals surface area (Å²) in [5.41, 5.74) is 0. The summed E-state index contributed by atoms with van der Waals surface area (Å²) in [5, 5.41) is 9.96. The molecule has 0 spiro atoms. The Kier molecular flexibility index (Phi) is 2.67. The molecule has 1 amide bonds. The number of carbonyl (C=O) groups excluding carboxylic acids is 1. The predicted molar refractivity (Wildman–Crippen MR) is 35.7 cm³/mol. The molecule has 1 rings (SSSR count). The van der Waals surface area contributed by atoms with Gasteiger partial charge in [0, 0.05) is 0 Å². The van der Waals surface area contributed by atoms with Crippen molar-refractivity contribution in [1.82, 2.24) is 5.06 Å². The van der Waals surface area contributed by atoms with Crippen LogP contribution in [0.4, 0.5) is 4.79 Å². The molecule has 1 fully saturated rings. The lowest BCUT2D eigenvalue weighted by molar-refractivity contribution is -0.0913. The highest BCUT2D eigenvalue weighted by Crippen LogP contribution is 2.06. The van der Waals surface area contributed by atoms with Gasteiger partial charge in [-0.05, 0) is 6.92 Å². The van der Waals surface area contributed by atoms with Gasteiger partial charge in [0.2, 0.25) is 0 Å². The first-order chi connectivity index (χ1) is 5.24. The van der Waals surface area contributed by atoms with E-state index in [1.54, 1.807) is 6.92 Å². The van der Waals surface area contributed by atoms with E-state index in [2.05, 4.69) is 4.74 Å². The number of rotatable bonds is 1. The van der Waals surface area contributed by atoms with Gasteiger partial charge >= 0.3 is 6.09 Å². The quantitative estimate of drug-likeness (QED) is 0.576. The molecule has 0 aromatic heterocycles. The predicted octanol–water partition coefficient (Wildman–Crippen LogP) is -0.249. The normalized spacial score (nSPS) is 23.8. The lowest BCUT2D eigenvalue weighted by Gasteiger charge is -2.11. The molecule has 1 aliphatic heterocycles. The molecule has 5 nitrogen and oxygen atoms in total. The number of aliphatic hydroxyl groups is 1. The SMILES string of the molecule is CCOC(=O)N1C[C@H](O)CO1. The molecule has 1 saturated heterocycles. The van der Waals surface area contributed by atoms with Gasteiger partial charge in [-0.3, -0.25) is 4.84 Å². The van der Waals surface area contributed by atoms with Gasteiger partial charge in [-0.2, -0.15) is 5.06 Å². The van der Waals surface area contributed by atoms with E-state index in [9.17, 15) is 4.79 Å². The topological polar surface area (TPSA) is 59.0 Å².